The van der Waals surface area contributed by atoms with Crippen LogP contribution in [0.3, 0.4) is 0 Å². The van der Waals surface area contributed by atoms with Gasteiger partial charge in [-0.15, -0.1) is 11.8 Å². The number of hydrogen-bond acceptors (Lipinski definition) is 8. The van der Waals surface area contributed by atoms with Crippen molar-refractivity contribution >= 4 is 29.5 Å². The van der Waals surface area contributed by atoms with Crippen LogP contribution in [0, 0.1) is 0 Å². The van der Waals surface area contributed by atoms with Crippen LogP contribution >= 0.6 is 11.8 Å². The average molecular weight is 482 g/mol. The summed E-state index contributed by atoms with van der Waals surface area (Å²) in [6, 6.07) is 4.13. The lowest BCUT2D eigenvalue weighted by atomic mass is 9.94. The number of carbonyl (C=O) groups excluding carboxylic acids is 3. The minimum Gasteiger partial charge on any atom is -0.508 e. The number of phenols is 1. The molecule has 3 atom stereocenters. The summed E-state index contributed by atoms with van der Waals surface area (Å²) in [5.41, 5.74) is 11.0. The van der Waals surface area contributed by atoms with E-state index in [1.807, 2.05) is 27.7 Å². The van der Waals surface area contributed by atoms with E-state index in [1.54, 1.807) is 12.1 Å². The zero-order valence-corrected chi connectivity index (χ0v) is 20.3. The summed E-state index contributed by atoms with van der Waals surface area (Å²) < 4.78 is 0. The molecule has 8 N–H and O–H groups in total. The number of benzene rings is 1. The summed E-state index contributed by atoms with van der Waals surface area (Å²) in [5.74, 6) is -1.08. The van der Waals surface area contributed by atoms with Gasteiger partial charge in [-0.2, -0.15) is 5.06 Å². The van der Waals surface area contributed by atoms with Gasteiger partial charge in [0.25, 0.3) is 0 Å². The smallest absolute Gasteiger partial charge is 0.240 e. The molecule has 0 radical (unpaired) electrons. The first-order valence-electron chi connectivity index (χ1n) is 10.7. The monoisotopic (exact) mass is 481 g/mol. The third-order valence-electron chi connectivity index (χ3n) is 5.91. The van der Waals surface area contributed by atoms with Gasteiger partial charge in [0.1, 0.15) is 11.8 Å². The number of phenolic OH excluding ortho intramolecular Hbond substituents is 1. The molecule has 1 aromatic carbocycles. The summed E-state index contributed by atoms with van der Waals surface area (Å²) >= 11 is 1.21. The first kappa shape index (κ1) is 26.9. The van der Waals surface area contributed by atoms with Crippen molar-refractivity contribution in [2.24, 2.45) is 11.5 Å². The number of amides is 3. The predicted octanol–water partition coefficient (Wildman–Crippen LogP) is 0.102. The van der Waals surface area contributed by atoms with E-state index in [4.69, 9.17) is 11.5 Å². The van der Waals surface area contributed by atoms with Gasteiger partial charge in [-0.05, 0) is 51.8 Å². The average Bonchev–Trinajstić information content (AvgIpc) is 2.87. The number of nitrogens with one attached hydrogen (secondary N) is 2. The number of carbonyl (C=O) groups is 3. The number of nitrogens with two attached hydrogens (primary N) is 2. The van der Waals surface area contributed by atoms with Crippen molar-refractivity contribution < 1.29 is 24.7 Å². The van der Waals surface area contributed by atoms with Gasteiger partial charge < -0.3 is 32.4 Å². The minimum absolute atomic E-state index is 0.0930. The molecule has 11 heteroatoms. The summed E-state index contributed by atoms with van der Waals surface area (Å²) in [5, 5.41) is 26.5. The summed E-state index contributed by atoms with van der Waals surface area (Å²) in [7, 11) is 0. The van der Waals surface area contributed by atoms with Crippen LogP contribution in [0.4, 0.5) is 0 Å². The molecular formula is C22H35N5O5S. The number of rotatable bonds is 10. The number of primary amides is 1. The molecule has 0 aromatic heterocycles. The minimum atomic E-state index is -0.948. The quantitative estimate of drug-likeness (QED) is 0.273. The Morgan fingerprint density at radius 2 is 1.82 bits per heavy atom. The fourth-order valence-corrected chi connectivity index (χ4v) is 4.74. The second kappa shape index (κ2) is 10.7. The SMILES string of the molecule is CC1(C)CC(NC(=O)CSCC(N)C(=O)NC(Cc2ccc(O)cc2)C(N)=O)C(C)(C)N1O. The first-order chi connectivity index (χ1) is 15.2. The van der Waals surface area contributed by atoms with Gasteiger partial charge in [0.2, 0.25) is 17.7 Å². The number of aromatic hydroxyl groups is 1. The molecule has 1 fully saturated rings. The van der Waals surface area contributed by atoms with Gasteiger partial charge in [0.05, 0.1) is 23.4 Å². The molecule has 184 valence electrons. The Morgan fingerprint density at radius 1 is 1.21 bits per heavy atom. The predicted molar refractivity (Wildman–Crippen MR) is 127 cm³/mol. The van der Waals surface area contributed by atoms with Gasteiger partial charge in [0.15, 0.2) is 0 Å². The van der Waals surface area contributed by atoms with E-state index in [2.05, 4.69) is 10.6 Å². The lowest BCUT2D eigenvalue weighted by Crippen LogP contribution is -2.53. The Kier molecular flexibility index (Phi) is 8.75. The lowest BCUT2D eigenvalue weighted by molar-refractivity contribution is -0.194. The van der Waals surface area contributed by atoms with Gasteiger partial charge in [-0.25, -0.2) is 0 Å². The van der Waals surface area contributed by atoms with Crippen molar-refractivity contribution in [1.29, 1.82) is 0 Å². The van der Waals surface area contributed by atoms with E-state index < -0.39 is 35.0 Å². The third-order valence-corrected chi connectivity index (χ3v) is 6.98. The molecule has 33 heavy (non-hydrogen) atoms. The fourth-order valence-electron chi connectivity index (χ4n) is 3.95. The number of thioether (sulfide) groups is 1. The zero-order valence-electron chi connectivity index (χ0n) is 19.5. The molecule has 2 rings (SSSR count). The molecule has 3 amide bonds. The summed E-state index contributed by atoms with van der Waals surface area (Å²) in [6.07, 6.45) is 0.767. The molecule has 3 unspecified atom stereocenters. The van der Waals surface area contributed by atoms with Crippen molar-refractivity contribution in [3.8, 4) is 5.75 Å². The van der Waals surface area contributed by atoms with E-state index in [0.29, 0.717) is 6.42 Å². The third kappa shape index (κ3) is 7.07. The van der Waals surface area contributed by atoms with Gasteiger partial charge >= 0.3 is 0 Å². The van der Waals surface area contributed by atoms with Crippen LogP contribution in [0.15, 0.2) is 24.3 Å². The molecule has 10 nitrogen and oxygen atoms in total. The van der Waals surface area contributed by atoms with Crippen molar-refractivity contribution in [2.75, 3.05) is 11.5 Å². The topological polar surface area (TPSA) is 171 Å². The molecule has 1 aliphatic rings. The molecule has 0 saturated carbocycles. The van der Waals surface area contributed by atoms with Gasteiger partial charge in [0, 0.05) is 17.7 Å². The Balaban J connectivity index is 1.80. The molecule has 1 aromatic rings. The Hall–Kier alpha value is -2.34. The van der Waals surface area contributed by atoms with Crippen LogP contribution in [-0.4, -0.2) is 73.8 Å². The second-order valence-electron chi connectivity index (χ2n) is 9.56. The highest BCUT2D eigenvalue weighted by Gasteiger charge is 2.51. The van der Waals surface area contributed by atoms with Crippen molar-refractivity contribution in [2.45, 2.75) is 69.7 Å². The maximum Gasteiger partial charge on any atom is 0.240 e. The van der Waals surface area contributed by atoms with Crippen molar-refractivity contribution in [3.63, 3.8) is 0 Å². The van der Waals surface area contributed by atoms with E-state index >= 15 is 0 Å². The van der Waals surface area contributed by atoms with E-state index in [0.717, 1.165) is 5.56 Å². The highest BCUT2D eigenvalue weighted by Crippen LogP contribution is 2.39. The van der Waals surface area contributed by atoms with Crippen molar-refractivity contribution in [3.05, 3.63) is 29.8 Å². The van der Waals surface area contributed by atoms with Crippen molar-refractivity contribution in [1.82, 2.24) is 15.7 Å². The normalized spacial score (nSPS) is 21.2. The van der Waals surface area contributed by atoms with Crippen LogP contribution in [0.1, 0.15) is 39.7 Å². The van der Waals surface area contributed by atoms with Gasteiger partial charge in [-0.1, -0.05) is 12.1 Å². The largest absolute Gasteiger partial charge is 0.508 e. The van der Waals surface area contributed by atoms with E-state index in [9.17, 15) is 24.7 Å². The van der Waals surface area contributed by atoms with Crippen LogP contribution in [0.2, 0.25) is 0 Å². The fraction of sp³-hybridized carbons (Fsp3) is 0.591. The molecule has 0 spiro atoms. The van der Waals surface area contributed by atoms with E-state index in [1.165, 1.54) is 29.0 Å². The maximum absolute atomic E-state index is 12.4. The highest BCUT2D eigenvalue weighted by molar-refractivity contribution is 8.00. The number of hydroxylamine groups is 2. The Morgan fingerprint density at radius 3 is 2.33 bits per heavy atom. The van der Waals surface area contributed by atoms with E-state index in [-0.39, 0.29) is 35.6 Å². The number of nitrogens with zero attached hydrogens (tertiary/aromatic N) is 1. The molecule has 1 saturated heterocycles. The summed E-state index contributed by atoms with van der Waals surface area (Å²) in [4.78, 5) is 36.6. The number of hydrogen-bond donors (Lipinski definition) is 6. The first-order valence-corrected chi connectivity index (χ1v) is 11.9. The van der Waals surface area contributed by atoms with Crippen LogP contribution in [0.25, 0.3) is 0 Å². The Labute approximate surface area is 198 Å². The molecule has 1 aliphatic heterocycles. The molecule has 0 aliphatic carbocycles. The van der Waals surface area contributed by atoms with Crippen LogP contribution < -0.4 is 22.1 Å². The standard InChI is InChI=1S/C22H35N5O5S/c1-21(2)10-17(22(3,4)27(21)32)26-18(29)12-33-11-15(23)20(31)25-16(19(24)30)9-13-5-7-14(28)8-6-13/h5-8,15-17,28,32H,9-12,23H2,1-4H3,(H2,24,30)(H,25,31)(H,26,29). The van der Waals surface area contributed by atoms with Gasteiger partial charge in [-0.3, -0.25) is 14.4 Å². The highest BCUT2D eigenvalue weighted by atomic mass is 32.2. The summed E-state index contributed by atoms with van der Waals surface area (Å²) in [6.45, 7) is 7.56. The molecule has 0 bridgehead atoms. The lowest BCUT2D eigenvalue weighted by Gasteiger charge is -2.35. The van der Waals surface area contributed by atoms with Crippen LogP contribution in [-0.2, 0) is 20.8 Å². The Bertz CT molecular complexity index is 861. The molecule has 1 heterocycles. The second-order valence-corrected chi connectivity index (χ2v) is 10.6. The molecular weight excluding hydrogens is 446 g/mol. The maximum atomic E-state index is 12.4. The zero-order chi connectivity index (χ0) is 25.0. The van der Waals surface area contributed by atoms with Crippen LogP contribution in [0.5, 0.6) is 5.75 Å².